The van der Waals surface area contributed by atoms with Crippen LogP contribution in [0.3, 0.4) is 0 Å². The number of esters is 1. The molecule has 1 amide bonds. The van der Waals surface area contributed by atoms with Crippen molar-refractivity contribution in [3.63, 3.8) is 0 Å². The first-order valence-corrected chi connectivity index (χ1v) is 9.73. The number of methoxy groups -OCH3 is 1. The van der Waals surface area contributed by atoms with Crippen molar-refractivity contribution in [1.29, 1.82) is 0 Å². The lowest BCUT2D eigenvalue weighted by atomic mass is 9.52. The van der Waals surface area contributed by atoms with Crippen molar-refractivity contribution in [1.82, 2.24) is 0 Å². The van der Waals surface area contributed by atoms with Crippen LogP contribution in [-0.4, -0.2) is 30.5 Å². The monoisotopic (exact) mass is 388 g/mol. The second-order valence-corrected chi connectivity index (χ2v) is 8.25. The maximum Gasteiger partial charge on any atom is 0.310 e. The third kappa shape index (κ3) is 3.55. The Morgan fingerprint density at radius 1 is 1.14 bits per heavy atom. The molecule has 0 atom stereocenters. The van der Waals surface area contributed by atoms with E-state index in [1.165, 1.54) is 31.7 Å². The molecule has 4 fully saturated rings. The van der Waals surface area contributed by atoms with E-state index in [4.69, 9.17) is 9.47 Å². The van der Waals surface area contributed by atoms with E-state index < -0.39 is 10.8 Å². The van der Waals surface area contributed by atoms with Crippen molar-refractivity contribution < 1.29 is 24.0 Å². The third-order valence-corrected chi connectivity index (χ3v) is 6.51. The molecular weight excluding hydrogens is 364 g/mol. The molecule has 0 heterocycles. The smallest absolute Gasteiger partial charge is 0.310 e. The van der Waals surface area contributed by atoms with Crippen LogP contribution in [0, 0.1) is 39.7 Å². The second-order valence-electron chi connectivity index (χ2n) is 8.25. The summed E-state index contributed by atoms with van der Waals surface area (Å²) >= 11 is 0. The Morgan fingerprint density at radius 3 is 2.36 bits per heavy atom. The summed E-state index contributed by atoms with van der Waals surface area (Å²) in [6, 6.07) is 3.91. The molecule has 1 aromatic rings. The molecule has 4 bridgehead atoms. The molecule has 4 aliphatic carbocycles. The summed E-state index contributed by atoms with van der Waals surface area (Å²) in [6.07, 6.45) is 5.75. The van der Waals surface area contributed by atoms with Crippen LogP contribution >= 0.6 is 0 Å². The number of anilines is 1. The zero-order valence-corrected chi connectivity index (χ0v) is 15.8. The van der Waals surface area contributed by atoms with E-state index in [2.05, 4.69) is 5.32 Å². The summed E-state index contributed by atoms with van der Waals surface area (Å²) < 4.78 is 10.4. The van der Waals surface area contributed by atoms with Gasteiger partial charge in [0.25, 0.3) is 11.6 Å². The van der Waals surface area contributed by atoms with E-state index in [9.17, 15) is 19.7 Å². The van der Waals surface area contributed by atoms with Crippen molar-refractivity contribution in [2.45, 2.75) is 32.1 Å². The zero-order chi connectivity index (χ0) is 19.8. The van der Waals surface area contributed by atoms with Gasteiger partial charge in [0.1, 0.15) is 5.75 Å². The average Bonchev–Trinajstić information content (AvgIpc) is 2.65. The second kappa shape index (κ2) is 7.41. The van der Waals surface area contributed by atoms with Gasteiger partial charge in [0.15, 0.2) is 6.61 Å². The Balaban J connectivity index is 1.33. The molecule has 4 aliphatic rings. The SMILES string of the molecule is COc1cc([N+](=O)[O-])ccc1NC(=O)COC(=O)C1C2CC3CC(C2)CC1C3. The lowest BCUT2D eigenvalue weighted by Gasteiger charge is -2.53. The van der Waals surface area contributed by atoms with Crippen molar-refractivity contribution in [3.8, 4) is 5.75 Å². The number of hydrogen-bond acceptors (Lipinski definition) is 6. The lowest BCUT2D eigenvalue weighted by Crippen LogP contribution is -2.48. The van der Waals surface area contributed by atoms with Crippen LogP contribution in [0.25, 0.3) is 0 Å². The first-order chi connectivity index (χ1) is 13.4. The highest BCUT2D eigenvalue weighted by molar-refractivity contribution is 5.94. The number of non-ortho nitro benzene ring substituents is 1. The molecule has 5 rings (SSSR count). The molecule has 0 aliphatic heterocycles. The van der Waals surface area contributed by atoms with Gasteiger partial charge in [-0.3, -0.25) is 19.7 Å². The fourth-order valence-electron chi connectivity index (χ4n) is 5.63. The van der Waals surface area contributed by atoms with Crippen molar-refractivity contribution in [2.75, 3.05) is 19.0 Å². The summed E-state index contributed by atoms with van der Waals surface area (Å²) in [4.78, 5) is 35.1. The molecular formula is C20H24N2O6. The summed E-state index contributed by atoms with van der Waals surface area (Å²) in [5, 5.41) is 13.4. The number of nitrogens with one attached hydrogen (secondary N) is 1. The van der Waals surface area contributed by atoms with Crippen LogP contribution in [0.2, 0.25) is 0 Å². The normalized spacial score (nSPS) is 30.0. The summed E-state index contributed by atoms with van der Waals surface area (Å²) in [5.74, 6) is 1.69. The molecule has 0 saturated heterocycles. The number of nitro benzene ring substituents is 1. The Labute approximate surface area is 162 Å². The number of amides is 1. The fourth-order valence-corrected chi connectivity index (χ4v) is 5.63. The van der Waals surface area contributed by atoms with E-state index in [-0.39, 0.29) is 29.9 Å². The summed E-state index contributed by atoms with van der Waals surface area (Å²) in [5.41, 5.74) is 0.159. The van der Waals surface area contributed by atoms with Crippen molar-refractivity contribution in [2.24, 2.45) is 29.6 Å². The maximum absolute atomic E-state index is 12.6. The molecule has 0 aromatic heterocycles. The first kappa shape index (κ1) is 18.7. The number of ether oxygens (including phenoxy) is 2. The number of nitro groups is 1. The minimum absolute atomic E-state index is 0.0745. The number of carbonyl (C=O) groups is 2. The van der Waals surface area contributed by atoms with Crippen LogP contribution in [0.5, 0.6) is 5.75 Å². The van der Waals surface area contributed by atoms with E-state index in [1.807, 2.05) is 0 Å². The molecule has 0 spiro atoms. The van der Waals surface area contributed by atoms with Gasteiger partial charge in [-0.15, -0.1) is 0 Å². The molecule has 28 heavy (non-hydrogen) atoms. The quantitative estimate of drug-likeness (QED) is 0.456. The molecule has 1 N–H and O–H groups in total. The Kier molecular flexibility index (Phi) is 4.95. The minimum Gasteiger partial charge on any atom is -0.494 e. The standard InChI is InChI=1S/C20H24N2O6/c1-27-17-9-15(22(25)26)2-3-16(17)21-18(23)10-28-20(24)19-13-5-11-4-12(7-13)8-14(19)6-11/h2-3,9,11-14,19H,4-8,10H2,1H3,(H,21,23). The Hall–Kier alpha value is -2.64. The topological polar surface area (TPSA) is 108 Å². The molecule has 0 radical (unpaired) electrons. The van der Waals surface area contributed by atoms with Gasteiger partial charge >= 0.3 is 5.97 Å². The summed E-state index contributed by atoms with van der Waals surface area (Å²) in [6.45, 7) is -0.373. The number of hydrogen-bond donors (Lipinski definition) is 1. The van der Waals surface area contributed by atoms with Crippen molar-refractivity contribution in [3.05, 3.63) is 28.3 Å². The summed E-state index contributed by atoms with van der Waals surface area (Å²) in [7, 11) is 1.36. The molecule has 0 unspecified atom stereocenters. The van der Waals surface area contributed by atoms with Gasteiger partial charge in [0, 0.05) is 6.07 Å². The molecule has 150 valence electrons. The highest BCUT2D eigenvalue weighted by Gasteiger charge is 2.51. The van der Waals surface area contributed by atoms with E-state index >= 15 is 0 Å². The van der Waals surface area contributed by atoms with Crippen molar-refractivity contribution >= 4 is 23.3 Å². The number of nitrogens with zero attached hydrogens (tertiary/aromatic N) is 1. The van der Waals surface area contributed by atoms with E-state index in [0.29, 0.717) is 17.5 Å². The van der Waals surface area contributed by atoms with Crippen LogP contribution < -0.4 is 10.1 Å². The minimum atomic E-state index is -0.541. The van der Waals surface area contributed by atoms with Gasteiger partial charge in [-0.05, 0) is 61.8 Å². The first-order valence-electron chi connectivity index (χ1n) is 9.73. The van der Waals surface area contributed by atoms with E-state index in [0.717, 1.165) is 37.5 Å². The largest absolute Gasteiger partial charge is 0.494 e. The predicted molar refractivity (Wildman–Crippen MR) is 99.8 cm³/mol. The molecule has 1 aromatic carbocycles. The zero-order valence-electron chi connectivity index (χ0n) is 15.8. The highest BCUT2D eigenvalue weighted by atomic mass is 16.6. The van der Waals surface area contributed by atoms with Gasteiger partial charge in [-0.1, -0.05) is 0 Å². The van der Waals surface area contributed by atoms with Crippen LogP contribution in [0.1, 0.15) is 32.1 Å². The third-order valence-electron chi connectivity index (χ3n) is 6.51. The van der Waals surface area contributed by atoms with Gasteiger partial charge in [-0.2, -0.15) is 0 Å². The van der Waals surface area contributed by atoms with Crippen LogP contribution in [0.15, 0.2) is 18.2 Å². The molecule has 4 saturated carbocycles. The highest BCUT2D eigenvalue weighted by Crippen LogP contribution is 2.56. The predicted octanol–water partition coefficient (Wildman–Crippen LogP) is 3.16. The van der Waals surface area contributed by atoms with Gasteiger partial charge in [0.05, 0.1) is 29.7 Å². The van der Waals surface area contributed by atoms with Gasteiger partial charge in [0.2, 0.25) is 0 Å². The maximum atomic E-state index is 12.6. The molecule has 8 nitrogen and oxygen atoms in total. The van der Waals surface area contributed by atoms with Crippen LogP contribution in [0.4, 0.5) is 11.4 Å². The number of rotatable bonds is 6. The number of benzene rings is 1. The average molecular weight is 388 g/mol. The number of carbonyl (C=O) groups excluding carboxylic acids is 2. The Bertz CT molecular complexity index is 780. The fraction of sp³-hybridized carbons (Fsp3) is 0.600. The van der Waals surface area contributed by atoms with E-state index in [1.54, 1.807) is 0 Å². The Morgan fingerprint density at radius 2 is 1.79 bits per heavy atom. The van der Waals surface area contributed by atoms with Gasteiger partial charge < -0.3 is 14.8 Å². The van der Waals surface area contributed by atoms with Crippen LogP contribution in [-0.2, 0) is 14.3 Å². The van der Waals surface area contributed by atoms with Gasteiger partial charge in [-0.25, -0.2) is 0 Å². The molecule has 8 heteroatoms. The lowest BCUT2D eigenvalue weighted by molar-refractivity contribution is -0.384.